The molecule has 1 heterocycles. The predicted molar refractivity (Wildman–Crippen MR) is 79.5 cm³/mol. The molecular weight excluding hydrogens is 240 g/mol. The first kappa shape index (κ1) is 15.7. The molecule has 0 aliphatic rings. The van der Waals surface area contributed by atoms with Gasteiger partial charge in [0.2, 0.25) is 0 Å². The van der Waals surface area contributed by atoms with Gasteiger partial charge in [-0.2, -0.15) is 0 Å². The topological polar surface area (TPSA) is 75.3 Å². The van der Waals surface area contributed by atoms with Crippen molar-refractivity contribution in [2.24, 2.45) is 0 Å². The fourth-order valence-electron chi connectivity index (χ4n) is 1.93. The minimum atomic E-state index is 0.180. The molecule has 0 amide bonds. The maximum absolute atomic E-state index is 9.03. The zero-order chi connectivity index (χ0) is 14.6. The van der Waals surface area contributed by atoms with Crippen molar-refractivity contribution in [1.29, 1.82) is 0 Å². The van der Waals surface area contributed by atoms with Crippen molar-refractivity contribution in [1.82, 2.24) is 9.97 Å². The SMILES string of the molecule is Cc1c(N)nc(C(C)C)nc1N(CCCO)C(C)C. The molecule has 0 aliphatic heterocycles. The van der Waals surface area contributed by atoms with Gasteiger partial charge in [0.25, 0.3) is 0 Å². The van der Waals surface area contributed by atoms with Crippen LogP contribution >= 0.6 is 0 Å². The molecule has 0 atom stereocenters. The number of aromatic nitrogens is 2. The summed E-state index contributed by atoms with van der Waals surface area (Å²) in [4.78, 5) is 11.2. The van der Waals surface area contributed by atoms with E-state index in [-0.39, 0.29) is 12.5 Å². The second-order valence-electron chi connectivity index (χ2n) is 5.43. The van der Waals surface area contributed by atoms with Gasteiger partial charge >= 0.3 is 0 Å². The highest BCUT2D eigenvalue weighted by molar-refractivity contribution is 5.57. The Morgan fingerprint density at radius 3 is 2.32 bits per heavy atom. The third-order valence-corrected chi connectivity index (χ3v) is 3.14. The first-order valence-corrected chi connectivity index (χ1v) is 6.90. The number of hydrogen-bond donors (Lipinski definition) is 2. The maximum Gasteiger partial charge on any atom is 0.137 e. The monoisotopic (exact) mass is 266 g/mol. The quantitative estimate of drug-likeness (QED) is 0.824. The van der Waals surface area contributed by atoms with E-state index >= 15 is 0 Å². The molecule has 0 aliphatic carbocycles. The van der Waals surface area contributed by atoms with E-state index in [4.69, 9.17) is 10.8 Å². The highest BCUT2D eigenvalue weighted by Crippen LogP contribution is 2.25. The minimum absolute atomic E-state index is 0.180. The average Bonchev–Trinajstić information content (AvgIpc) is 2.33. The predicted octanol–water partition coefficient (Wildman–Crippen LogP) is 2.09. The Morgan fingerprint density at radius 2 is 1.84 bits per heavy atom. The average molecular weight is 266 g/mol. The molecule has 0 bridgehead atoms. The standard InChI is InChI=1S/C14H26N4O/c1-9(2)13-16-12(15)11(5)14(17-13)18(10(3)4)7-6-8-19/h9-10,19H,6-8H2,1-5H3,(H2,15,16,17). The van der Waals surface area contributed by atoms with Crippen LogP contribution in [0.2, 0.25) is 0 Å². The van der Waals surface area contributed by atoms with E-state index in [1.165, 1.54) is 0 Å². The molecule has 1 aromatic heterocycles. The molecule has 1 rings (SSSR count). The third-order valence-electron chi connectivity index (χ3n) is 3.14. The van der Waals surface area contributed by atoms with Crippen molar-refractivity contribution in [3.8, 4) is 0 Å². The lowest BCUT2D eigenvalue weighted by Crippen LogP contribution is -2.34. The molecule has 0 radical (unpaired) electrons. The number of nitrogen functional groups attached to an aromatic ring is 1. The van der Waals surface area contributed by atoms with Gasteiger partial charge in [0, 0.05) is 30.7 Å². The van der Waals surface area contributed by atoms with Crippen molar-refractivity contribution >= 4 is 11.6 Å². The Morgan fingerprint density at radius 1 is 1.21 bits per heavy atom. The van der Waals surface area contributed by atoms with Gasteiger partial charge in [-0.15, -0.1) is 0 Å². The number of rotatable bonds is 6. The third kappa shape index (κ3) is 3.80. The summed E-state index contributed by atoms with van der Waals surface area (Å²) in [5.74, 6) is 2.45. The van der Waals surface area contributed by atoms with Gasteiger partial charge in [0.05, 0.1) is 0 Å². The van der Waals surface area contributed by atoms with Crippen LogP contribution in [0.25, 0.3) is 0 Å². The van der Waals surface area contributed by atoms with Gasteiger partial charge in [-0.1, -0.05) is 13.8 Å². The molecule has 0 saturated carbocycles. The smallest absolute Gasteiger partial charge is 0.137 e. The molecular formula is C14H26N4O. The van der Waals surface area contributed by atoms with Gasteiger partial charge < -0.3 is 15.7 Å². The number of aliphatic hydroxyl groups excluding tert-OH is 1. The van der Waals surface area contributed by atoms with Crippen LogP contribution in [0.3, 0.4) is 0 Å². The van der Waals surface area contributed by atoms with Crippen molar-refractivity contribution in [2.75, 3.05) is 23.8 Å². The van der Waals surface area contributed by atoms with E-state index in [0.29, 0.717) is 11.9 Å². The summed E-state index contributed by atoms with van der Waals surface area (Å²) in [6.45, 7) is 11.2. The van der Waals surface area contributed by atoms with E-state index in [9.17, 15) is 0 Å². The fourth-order valence-corrected chi connectivity index (χ4v) is 1.93. The molecule has 19 heavy (non-hydrogen) atoms. The summed E-state index contributed by atoms with van der Waals surface area (Å²) in [6.07, 6.45) is 0.721. The number of aliphatic hydroxyl groups is 1. The van der Waals surface area contributed by atoms with Crippen molar-refractivity contribution in [2.45, 2.75) is 53.0 Å². The first-order chi connectivity index (χ1) is 8.88. The summed E-state index contributed by atoms with van der Waals surface area (Å²) in [6, 6.07) is 0.305. The van der Waals surface area contributed by atoms with Gasteiger partial charge in [-0.3, -0.25) is 0 Å². The molecule has 0 spiro atoms. The van der Waals surface area contributed by atoms with E-state index in [0.717, 1.165) is 30.2 Å². The molecule has 0 aromatic carbocycles. The summed E-state index contributed by atoms with van der Waals surface area (Å²) in [7, 11) is 0. The van der Waals surface area contributed by atoms with Gasteiger partial charge in [0.15, 0.2) is 0 Å². The Kier molecular flexibility index (Phi) is 5.54. The zero-order valence-corrected chi connectivity index (χ0v) is 12.6. The van der Waals surface area contributed by atoms with E-state index in [1.54, 1.807) is 0 Å². The maximum atomic E-state index is 9.03. The van der Waals surface area contributed by atoms with Crippen LogP contribution in [0.15, 0.2) is 0 Å². The van der Waals surface area contributed by atoms with Crippen LogP contribution in [-0.4, -0.2) is 34.3 Å². The van der Waals surface area contributed by atoms with Crippen molar-refractivity contribution in [3.05, 3.63) is 11.4 Å². The molecule has 0 fully saturated rings. The number of nitrogens with zero attached hydrogens (tertiary/aromatic N) is 3. The van der Waals surface area contributed by atoms with Crippen LogP contribution in [-0.2, 0) is 0 Å². The Bertz CT molecular complexity index is 418. The zero-order valence-electron chi connectivity index (χ0n) is 12.6. The minimum Gasteiger partial charge on any atom is -0.396 e. The van der Waals surface area contributed by atoms with Gasteiger partial charge in [0.1, 0.15) is 17.5 Å². The number of hydrogen-bond acceptors (Lipinski definition) is 5. The normalized spacial score (nSPS) is 11.4. The first-order valence-electron chi connectivity index (χ1n) is 6.90. The molecule has 1 aromatic rings. The molecule has 3 N–H and O–H groups in total. The van der Waals surface area contributed by atoms with E-state index < -0.39 is 0 Å². The number of nitrogens with two attached hydrogens (primary N) is 1. The lowest BCUT2D eigenvalue weighted by molar-refractivity contribution is 0.288. The summed E-state index contributed by atoms with van der Waals surface area (Å²) in [5, 5.41) is 9.03. The summed E-state index contributed by atoms with van der Waals surface area (Å²) in [5.41, 5.74) is 6.91. The van der Waals surface area contributed by atoms with Crippen LogP contribution in [0.1, 0.15) is 51.4 Å². The van der Waals surface area contributed by atoms with E-state index in [2.05, 4.69) is 42.6 Å². The molecule has 5 nitrogen and oxygen atoms in total. The van der Waals surface area contributed by atoms with Crippen LogP contribution < -0.4 is 10.6 Å². The van der Waals surface area contributed by atoms with Crippen LogP contribution in [0.4, 0.5) is 11.6 Å². The largest absolute Gasteiger partial charge is 0.396 e. The summed E-state index contributed by atoms with van der Waals surface area (Å²) < 4.78 is 0. The Labute approximate surface area is 115 Å². The van der Waals surface area contributed by atoms with Crippen LogP contribution in [0, 0.1) is 6.92 Å². The second kappa shape index (κ2) is 6.70. The lowest BCUT2D eigenvalue weighted by atomic mass is 10.1. The van der Waals surface area contributed by atoms with E-state index in [1.807, 2.05) is 6.92 Å². The molecule has 0 unspecified atom stereocenters. The van der Waals surface area contributed by atoms with Crippen LogP contribution in [0.5, 0.6) is 0 Å². The highest BCUT2D eigenvalue weighted by atomic mass is 16.3. The summed E-state index contributed by atoms with van der Waals surface area (Å²) >= 11 is 0. The molecule has 108 valence electrons. The van der Waals surface area contributed by atoms with Gasteiger partial charge in [-0.05, 0) is 27.2 Å². The van der Waals surface area contributed by atoms with Crippen molar-refractivity contribution < 1.29 is 5.11 Å². The Hall–Kier alpha value is -1.36. The molecule has 0 saturated heterocycles. The fraction of sp³-hybridized carbons (Fsp3) is 0.714. The number of anilines is 2. The highest BCUT2D eigenvalue weighted by Gasteiger charge is 2.18. The second-order valence-corrected chi connectivity index (χ2v) is 5.43. The lowest BCUT2D eigenvalue weighted by Gasteiger charge is -2.30. The Balaban J connectivity index is 3.20. The van der Waals surface area contributed by atoms with Gasteiger partial charge in [-0.25, -0.2) is 9.97 Å². The van der Waals surface area contributed by atoms with Crippen molar-refractivity contribution in [3.63, 3.8) is 0 Å². The molecule has 5 heteroatoms.